The Morgan fingerprint density at radius 2 is 2.45 bits per heavy atom. The lowest BCUT2D eigenvalue weighted by atomic mass is 10.1. The lowest BCUT2D eigenvalue weighted by Gasteiger charge is -2.07. The molecule has 0 aromatic rings. The van der Waals surface area contributed by atoms with E-state index in [1.165, 1.54) is 0 Å². The highest BCUT2D eigenvalue weighted by Crippen LogP contribution is 2.14. The zero-order chi connectivity index (χ0) is 8.27. The Labute approximate surface area is 65.8 Å². The third-order valence-corrected chi connectivity index (χ3v) is 1.90. The molecule has 11 heavy (non-hydrogen) atoms. The van der Waals surface area contributed by atoms with Crippen LogP contribution in [-0.2, 0) is 4.79 Å². The number of nitrogens with one attached hydrogen (secondary N) is 1. The predicted octanol–water partition coefficient (Wildman–Crippen LogP) is 0.215. The van der Waals surface area contributed by atoms with Crippen LogP contribution in [0.4, 0.5) is 0 Å². The van der Waals surface area contributed by atoms with Crippen molar-refractivity contribution < 1.29 is 9.90 Å². The maximum absolute atomic E-state index is 10.4. The Balaban J connectivity index is 2.36. The van der Waals surface area contributed by atoms with Gasteiger partial charge in [0.1, 0.15) is 6.04 Å². The summed E-state index contributed by atoms with van der Waals surface area (Å²) in [6, 6.07) is -0.172. The third-order valence-electron chi connectivity index (χ3n) is 1.90. The van der Waals surface area contributed by atoms with Crippen LogP contribution in [0.3, 0.4) is 0 Å². The second-order valence-corrected chi connectivity index (χ2v) is 2.74. The van der Waals surface area contributed by atoms with Gasteiger partial charge in [0.15, 0.2) is 0 Å². The second kappa shape index (κ2) is 3.40. The van der Waals surface area contributed by atoms with E-state index in [2.05, 4.69) is 11.2 Å². The highest BCUT2D eigenvalue weighted by atomic mass is 16.4. The van der Waals surface area contributed by atoms with Gasteiger partial charge in [0.2, 0.25) is 0 Å². The van der Waals surface area contributed by atoms with Crippen LogP contribution in [0.1, 0.15) is 19.3 Å². The van der Waals surface area contributed by atoms with Crippen molar-refractivity contribution >= 4 is 5.97 Å². The van der Waals surface area contributed by atoms with E-state index in [0.717, 1.165) is 6.42 Å². The minimum absolute atomic E-state index is 0.209. The normalized spacial score (nSPS) is 29.7. The molecule has 1 heterocycles. The van der Waals surface area contributed by atoms with Gasteiger partial charge < -0.3 is 10.4 Å². The molecule has 1 saturated heterocycles. The Kier molecular flexibility index (Phi) is 2.50. The van der Waals surface area contributed by atoms with Gasteiger partial charge in [0.05, 0.1) is 0 Å². The van der Waals surface area contributed by atoms with Crippen molar-refractivity contribution in [2.45, 2.75) is 31.3 Å². The number of carboxylic acids is 1. The molecule has 1 aliphatic rings. The van der Waals surface area contributed by atoms with Gasteiger partial charge >= 0.3 is 5.97 Å². The summed E-state index contributed by atoms with van der Waals surface area (Å²) < 4.78 is 0. The molecule has 0 radical (unpaired) electrons. The van der Waals surface area contributed by atoms with E-state index in [-0.39, 0.29) is 12.1 Å². The molecule has 1 rings (SSSR count). The predicted molar refractivity (Wildman–Crippen MR) is 41.0 cm³/mol. The van der Waals surface area contributed by atoms with E-state index in [1.54, 1.807) is 0 Å². The molecule has 0 aromatic carbocycles. The molecule has 1 fully saturated rings. The van der Waals surface area contributed by atoms with Crippen LogP contribution in [0, 0.1) is 12.3 Å². The fourth-order valence-corrected chi connectivity index (χ4v) is 1.32. The van der Waals surface area contributed by atoms with E-state index in [1.807, 2.05) is 0 Å². The van der Waals surface area contributed by atoms with Gasteiger partial charge in [-0.2, -0.15) is 0 Å². The van der Waals surface area contributed by atoms with Gasteiger partial charge in [0.25, 0.3) is 0 Å². The molecule has 0 spiro atoms. The highest BCUT2D eigenvalue weighted by Gasteiger charge is 2.27. The summed E-state index contributed by atoms with van der Waals surface area (Å²) in [4.78, 5) is 10.4. The van der Waals surface area contributed by atoms with E-state index in [4.69, 9.17) is 11.5 Å². The van der Waals surface area contributed by atoms with Gasteiger partial charge in [-0.25, -0.2) is 0 Å². The van der Waals surface area contributed by atoms with Crippen LogP contribution in [0.15, 0.2) is 0 Å². The first-order valence-corrected chi connectivity index (χ1v) is 3.66. The van der Waals surface area contributed by atoms with Crippen molar-refractivity contribution in [3.05, 3.63) is 0 Å². The first kappa shape index (κ1) is 8.09. The fraction of sp³-hybridized carbons (Fsp3) is 0.625. The van der Waals surface area contributed by atoms with Crippen molar-refractivity contribution in [1.82, 2.24) is 5.32 Å². The van der Waals surface area contributed by atoms with Gasteiger partial charge in [-0.15, -0.1) is 12.3 Å². The van der Waals surface area contributed by atoms with Crippen LogP contribution in [0.2, 0.25) is 0 Å². The summed E-state index contributed by atoms with van der Waals surface area (Å²) in [5.74, 6) is 1.74. The lowest BCUT2D eigenvalue weighted by Crippen LogP contribution is -2.35. The Morgan fingerprint density at radius 1 is 1.73 bits per heavy atom. The molecular formula is C8H11NO2. The number of aliphatic carboxylic acids is 1. The zero-order valence-electron chi connectivity index (χ0n) is 6.21. The van der Waals surface area contributed by atoms with Gasteiger partial charge in [-0.05, 0) is 12.8 Å². The van der Waals surface area contributed by atoms with E-state index < -0.39 is 5.97 Å². The topological polar surface area (TPSA) is 49.3 Å². The smallest absolute Gasteiger partial charge is 0.320 e. The number of carbonyl (C=O) groups is 1. The molecule has 60 valence electrons. The van der Waals surface area contributed by atoms with Crippen LogP contribution >= 0.6 is 0 Å². The minimum atomic E-state index is -0.774. The number of hydrogen-bond acceptors (Lipinski definition) is 2. The zero-order valence-corrected chi connectivity index (χ0v) is 6.21. The van der Waals surface area contributed by atoms with Gasteiger partial charge in [-0.3, -0.25) is 4.79 Å². The molecular weight excluding hydrogens is 142 g/mol. The number of hydrogen-bond donors (Lipinski definition) is 2. The van der Waals surface area contributed by atoms with E-state index in [9.17, 15) is 4.79 Å². The fourth-order valence-electron chi connectivity index (χ4n) is 1.32. The first-order chi connectivity index (χ1) is 5.24. The molecule has 0 bridgehead atoms. The number of terminal acetylenes is 1. The molecule has 0 saturated carbocycles. The number of carboxylic acid groups (broad SMARTS) is 1. The molecule has 0 aromatic heterocycles. The molecule has 0 aliphatic carbocycles. The first-order valence-electron chi connectivity index (χ1n) is 3.66. The summed E-state index contributed by atoms with van der Waals surface area (Å²) in [5.41, 5.74) is 0. The summed E-state index contributed by atoms with van der Waals surface area (Å²) in [6.45, 7) is 0. The molecule has 1 aliphatic heterocycles. The van der Waals surface area contributed by atoms with Gasteiger partial charge in [-0.1, -0.05) is 0 Å². The summed E-state index contributed by atoms with van der Waals surface area (Å²) >= 11 is 0. The van der Waals surface area contributed by atoms with Crippen LogP contribution in [-0.4, -0.2) is 23.2 Å². The molecule has 0 amide bonds. The molecule has 3 heteroatoms. The average Bonchev–Trinajstić information content (AvgIpc) is 2.37. The molecule has 2 unspecified atom stereocenters. The van der Waals surface area contributed by atoms with Gasteiger partial charge in [0, 0.05) is 12.5 Å². The van der Waals surface area contributed by atoms with Crippen LogP contribution < -0.4 is 5.32 Å². The van der Waals surface area contributed by atoms with Crippen molar-refractivity contribution in [3.8, 4) is 12.3 Å². The third kappa shape index (κ3) is 1.95. The summed E-state index contributed by atoms with van der Waals surface area (Å²) in [5, 5.41) is 11.5. The summed E-state index contributed by atoms with van der Waals surface area (Å²) in [6.07, 6.45) is 7.29. The van der Waals surface area contributed by atoms with Crippen LogP contribution in [0.5, 0.6) is 0 Å². The molecule has 2 N–H and O–H groups in total. The minimum Gasteiger partial charge on any atom is -0.480 e. The van der Waals surface area contributed by atoms with Crippen molar-refractivity contribution in [1.29, 1.82) is 0 Å². The van der Waals surface area contributed by atoms with E-state index >= 15 is 0 Å². The average molecular weight is 153 g/mol. The maximum Gasteiger partial charge on any atom is 0.320 e. The van der Waals surface area contributed by atoms with Crippen molar-refractivity contribution in [2.24, 2.45) is 0 Å². The summed E-state index contributed by atoms with van der Waals surface area (Å²) in [7, 11) is 0. The Morgan fingerprint density at radius 3 is 2.91 bits per heavy atom. The van der Waals surface area contributed by atoms with E-state index in [0.29, 0.717) is 12.8 Å². The standard InChI is InChI=1S/C8H11NO2/c1-2-3-6-4-5-7(9-6)8(10)11/h1,6-7,9H,3-5H2,(H,10,11). The largest absolute Gasteiger partial charge is 0.480 e. The second-order valence-electron chi connectivity index (χ2n) is 2.74. The highest BCUT2D eigenvalue weighted by molar-refractivity contribution is 5.73. The maximum atomic E-state index is 10.4. The lowest BCUT2D eigenvalue weighted by molar-refractivity contribution is -0.139. The SMILES string of the molecule is C#CCC1CCC(C(=O)O)N1. The molecule has 3 nitrogen and oxygen atoms in total. The Bertz CT molecular complexity index is 195. The van der Waals surface area contributed by atoms with Crippen molar-refractivity contribution in [3.63, 3.8) is 0 Å². The molecule has 2 atom stereocenters. The monoisotopic (exact) mass is 153 g/mol. The quantitative estimate of drug-likeness (QED) is 0.558. The van der Waals surface area contributed by atoms with Crippen LogP contribution in [0.25, 0.3) is 0 Å². The Hall–Kier alpha value is -1.01. The number of rotatable bonds is 2. The van der Waals surface area contributed by atoms with Crippen molar-refractivity contribution in [2.75, 3.05) is 0 Å².